The number of carbonyl (C=O) groups excluding carboxylic acids is 1. The summed E-state index contributed by atoms with van der Waals surface area (Å²) in [4.78, 5) is 24.0. The van der Waals surface area contributed by atoms with Crippen LogP contribution in [0.2, 0.25) is 0 Å². The standard InChI is InChI=1S/C24H21N3O7S/c28-24(25-19-14-22-23(15-21(19)27(29)30)34-12-4-11-33-22)17-6-3-7-18(13-17)35(31,32)26-10-9-16-5-1-2-8-20(16)26/h1-3,5-8,13-15H,4,9-12H2,(H,25,28). The van der Waals surface area contributed by atoms with Gasteiger partial charge in [0.2, 0.25) is 0 Å². The molecule has 1 N–H and O–H groups in total. The predicted octanol–water partition coefficient (Wildman–Crippen LogP) is 3.76. The van der Waals surface area contributed by atoms with Crippen LogP contribution in [0.1, 0.15) is 22.3 Å². The second-order valence-electron chi connectivity index (χ2n) is 8.06. The minimum Gasteiger partial charge on any atom is -0.489 e. The van der Waals surface area contributed by atoms with Crippen molar-refractivity contribution in [1.29, 1.82) is 0 Å². The zero-order valence-corrected chi connectivity index (χ0v) is 19.3. The molecule has 0 fully saturated rings. The summed E-state index contributed by atoms with van der Waals surface area (Å²) >= 11 is 0. The Morgan fingerprint density at radius 3 is 2.51 bits per heavy atom. The number of nitro groups is 1. The molecule has 0 saturated carbocycles. The van der Waals surface area contributed by atoms with Crippen molar-refractivity contribution < 1.29 is 27.6 Å². The Balaban J connectivity index is 1.44. The van der Waals surface area contributed by atoms with Gasteiger partial charge < -0.3 is 14.8 Å². The molecule has 1 amide bonds. The van der Waals surface area contributed by atoms with Crippen LogP contribution in [0.4, 0.5) is 17.1 Å². The van der Waals surface area contributed by atoms with Gasteiger partial charge in [-0.05, 0) is 36.2 Å². The highest BCUT2D eigenvalue weighted by Crippen LogP contribution is 2.39. The maximum Gasteiger partial charge on any atom is 0.296 e. The van der Waals surface area contributed by atoms with Crippen molar-refractivity contribution in [1.82, 2.24) is 0 Å². The third kappa shape index (κ3) is 4.26. The van der Waals surface area contributed by atoms with E-state index < -0.39 is 20.9 Å². The van der Waals surface area contributed by atoms with Crippen molar-refractivity contribution in [2.24, 2.45) is 0 Å². The Labute approximate surface area is 201 Å². The van der Waals surface area contributed by atoms with Gasteiger partial charge >= 0.3 is 0 Å². The largest absolute Gasteiger partial charge is 0.489 e. The molecular weight excluding hydrogens is 474 g/mol. The lowest BCUT2D eigenvalue weighted by atomic mass is 10.2. The number of rotatable bonds is 5. The molecule has 0 saturated heterocycles. The Morgan fingerprint density at radius 1 is 1.00 bits per heavy atom. The molecule has 5 rings (SSSR count). The highest BCUT2D eigenvalue weighted by atomic mass is 32.2. The number of anilines is 2. The number of hydrogen-bond donors (Lipinski definition) is 1. The van der Waals surface area contributed by atoms with E-state index in [2.05, 4.69) is 5.32 Å². The van der Waals surface area contributed by atoms with Gasteiger partial charge in [-0.1, -0.05) is 24.3 Å². The van der Waals surface area contributed by atoms with Crippen molar-refractivity contribution >= 4 is 33.0 Å². The highest BCUT2D eigenvalue weighted by molar-refractivity contribution is 7.92. The molecule has 0 bridgehead atoms. The zero-order valence-electron chi connectivity index (χ0n) is 18.5. The number of carbonyl (C=O) groups is 1. The molecule has 2 heterocycles. The molecular formula is C24H21N3O7S. The fraction of sp³-hybridized carbons (Fsp3) is 0.208. The molecule has 10 nitrogen and oxygen atoms in total. The maximum atomic E-state index is 13.3. The van der Waals surface area contributed by atoms with Gasteiger partial charge in [-0.2, -0.15) is 0 Å². The molecule has 0 spiro atoms. The van der Waals surface area contributed by atoms with Crippen molar-refractivity contribution in [3.63, 3.8) is 0 Å². The predicted molar refractivity (Wildman–Crippen MR) is 128 cm³/mol. The van der Waals surface area contributed by atoms with E-state index in [0.29, 0.717) is 38.3 Å². The summed E-state index contributed by atoms with van der Waals surface area (Å²) in [5, 5.41) is 14.1. The average Bonchev–Trinajstić information content (AvgIpc) is 3.16. The van der Waals surface area contributed by atoms with E-state index in [9.17, 15) is 23.3 Å². The van der Waals surface area contributed by atoms with Gasteiger partial charge in [0, 0.05) is 24.6 Å². The second-order valence-corrected chi connectivity index (χ2v) is 9.92. The van der Waals surface area contributed by atoms with Gasteiger partial charge in [0.25, 0.3) is 21.6 Å². The number of nitrogens with one attached hydrogen (secondary N) is 1. The molecule has 0 aliphatic carbocycles. The van der Waals surface area contributed by atoms with Crippen LogP contribution in [0.3, 0.4) is 0 Å². The first-order valence-electron chi connectivity index (χ1n) is 10.9. The van der Waals surface area contributed by atoms with E-state index in [0.717, 1.165) is 5.56 Å². The van der Waals surface area contributed by atoms with Gasteiger partial charge in [-0.3, -0.25) is 19.2 Å². The monoisotopic (exact) mass is 495 g/mol. The molecule has 0 aromatic heterocycles. The third-order valence-corrected chi connectivity index (χ3v) is 7.65. The first-order valence-corrected chi connectivity index (χ1v) is 12.4. The maximum absolute atomic E-state index is 13.3. The molecule has 0 unspecified atom stereocenters. The number of nitrogens with zero attached hydrogens (tertiary/aromatic N) is 2. The lowest BCUT2D eigenvalue weighted by molar-refractivity contribution is -0.384. The summed E-state index contributed by atoms with van der Waals surface area (Å²) in [6.07, 6.45) is 1.22. The minimum atomic E-state index is -3.91. The van der Waals surface area contributed by atoms with Crippen LogP contribution >= 0.6 is 0 Å². The normalized spacial score (nSPS) is 14.7. The number of amides is 1. The average molecular weight is 496 g/mol. The summed E-state index contributed by atoms with van der Waals surface area (Å²) in [6, 6.07) is 15.4. The molecule has 3 aromatic carbocycles. The Hall–Kier alpha value is -4.12. The van der Waals surface area contributed by atoms with Gasteiger partial charge in [-0.15, -0.1) is 0 Å². The number of nitro benzene ring substituents is 1. The van der Waals surface area contributed by atoms with Crippen molar-refractivity contribution in [3.8, 4) is 11.5 Å². The first-order chi connectivity index (χ1) is 16.8. The van der Waals surface area contributed by atoms with Crippen molar-refractivity contribution in [2.75, 3.05) is 29.4 Å². The fourth-order valence-corrected chi connectivity index (χ4v) is 5.68. The van der Waals surface area contributed by atoms with E-state index in [1.165, 1.54) is 40.7 Å². The number of benzene rings is 3. The summed E-state index contributed by atoms with van der Waals surface area (Å²) in [6.45, 7) is 1.04. The Kier molecular flexibility index (Phi) is 5.77. The van der Waals surface area contributed by atoms with Crippen LogP contribution < -0.4 is 19.1 Å². The van der Waals surface area contributed by atoms with Gasteiger partial charge in [0.05, 0.1) is 34.8 Å². The summed E-state index contributed by atoms with van der Waals surface area (Å²) in [7, 11) is -3.91. The molecule has 3 aromatic rings. The number of para-hydroxylation sites is 1. The number of sulfonamides is 1. The van der Waals surface area contributed by atoms with Crippen LogP contribution in [-0.4, -0.2) is 39.0 Å². The Bertz CT molecular complexity index is 1440. The SMILES string of the molecule is O=C(Nc1cc2c(cc1[N+](=O)[O-])OCCCO2)c1cccc(S(=O)(=O)N2CCc3ccccc32)c1. The van der Waals surface area contributed by atoms with Crippen LogP contribution in [0, 0.1) is 10.1 Å². The van der Waals surface area contributed by atoms with Crippen molar-refractivity contribution in [3.05, 3.63) is 81.9 Å². The summed E-state index contributed by atoms with van der Waals surface area (Å²) in [5.74, 6) is -0.180. The quantitative estimate of drug-likeness (QED) is 0.422. The highest BCUT2D eigenvalue weighted by Gasteiger charge is 2.31. The van der Waals surface area contributed by atoms with Crippen molar-refractivity contribution in [2.45, 2.75) is 17.7 Å². The molecule has 0 radical (unpaired) electrons. The lowest BCUT2D eigenvalue weighted by Gasteiger charge is -2.20. The van der Waals surface area contributed by atoms with E-state index in [1.54, 1.807) is 12.1 Å². The van der Waals surface area contributed by atoms with Crippen LogP contribution in [0.15, 0.2) is 65.6 Å². The smallest absolute Gasteiger partial charge is 0.296 e. The topological polar surface area (TPSA) is 128 Å². The van der Waals surface area contributed by atoms with Crippen LogP contribution in [0.5, 0.6) is 11.5 Å². The molecule has 11 heteroatoms. The first kappa shape index (κ1) is 22.7. The lowest BCUT2D eigenvalue weighted by Crippen LogP contribution is -2.29. The molecule has 180 valence electrons. The van der Waals surface area contributed by atoms with Crippen LogP contribution in [-0.2, 0) is 16.4 Å². The molecule has 0 atom stereocenters. The minimum absolute atomic E-state index is 0.0416. The van der Waals surface area contributed by atoms with E-state index >= 15 is 0 Å². The molecule has 2 aliphatic rings. The van der Waals surface area contributed by atoms with Gasteiger partial charge in [-0.25, -0.2) is 8.42 Å². The molecule has 2 aliphatic heterocycles. The van der Waals surface area contributed by atoms with E-state index in [4.69, 9.17) is 9.47 Å². The van der Waals surface area contributed by atoms with E-state index in [-0.39, 0.29) is 33.3 Å². The fourth-order valence-electron chi connectivity index (χ4n) is 4.13. The number of ether oxygens (including phenoxy) is 2. The third-order valence-electron chi connectivity index (χ3n) is 5.84. The van der Waals surface area contributed by atoms with E-state index in [1.807, 2.05) is 12.1 Å². The number of fused-ring (bicyclic) bond motifs is 2. The van der Waals surface area contributed by atoms with Crippen LogP contribution in [0.25, 0.3) is 0 Å². The second kappa shape index (κ2) is 8.91. The Morgan fingerprint density at radius 2 is 1.74 bits per heavy atom. The summed E-state index contributed by atoms with van der Waals surface area (Å²) in [5.41, 5.74) is 1.16. The zero-order chi connectivity index (χ0) is 24.6. The van der Waals surface area contributed by atoms with Gasteiger partial charge in [0.15, 0.2) is 11.5 Å². The number of hydrogen-bond acceptors (Lipinski definition) is 7. The summed E-state index contributed by atoms with van der Waals surface area (Å²) < 4.78 is 39.1. The van der Waals surface area contributed by atoms with Gasteiger partial charge in [0.1, 0.15) is 5.69 Å². The molecule has 35 heavy (non-hydrogen) atoms.